The molecule has 1 aromatic rings. The molecular weight excluding hydrogens is 467 g/mol. The summed E-state index contributed by atoms with van der Waals surface area (Å²) in [6, 6.07) is 2.29. The van der Waals surface area contributed by atoms with E-state index in [1.807, 2.05) is 0 Å². The Morgan fingerprint density at radius 1 is 1.30 bits per heavy atom. The molecule has 5 aliphatic rings. The molecule has 1 spiro atoms. The van der Waals surface area contributed by atoms with Crippen molar-refractivity contribution in [3.63, 3.8) is 0 Å². The lowest BCUT2D eigenvalue weighted by Crippen LogP contribution is -2.68. The summed E-state index contributed by atoms with van der Waals surface area (Å²) in [6.07, 6.45) is 6.81. The molecule has 0 unspecified atom stereocenters. The van der Waals surface area contributed by atoms with Crippen molar-refractivity contribution in [2.45, 2.75) is 68.5 Å². The van der Waals surface area contributed by atoms with E-state index in [4.69, 9.17) is 14.6 Å². The van der Waals surface area contributed by atoms with E-state index in [1.54, 1.807) is 13.2 Å². The molecule has 6 rings (SSSR count). The predicted octanol–water partition coefficient (Wildman–Crippen LogP) is 3.13. The van der Waals surface area contributed by atoms with Crippen LogP contribution in [0.2, 0.25) is 0 Å². The van der Waals surface area contributed by atoms with Gasteiger partial charge in [-0.15, -0.1) is 24.8 Å². The first-order valence-corrected chi connectivity index (χ1v) is 11.8. The molecule has 5 atom stereocenters. The maximum absolute atomic E-state index is 11.0. The molecule has 3 aliphatic carbocycles. The topological polar surface area (TPSA) is 91.3 Å². The minimum atomic E-state index is -0.786. The van der Waals surface area contributed by atoms with Gasteiger partial charge in [0.25, 0.3) is 0 Å². The minimum absolute atomic E-state index is 0. The van der Waals surface area contributed by atoms with Gasteiger partial charge >= 0.3 is 5.97 Å². The lowest BCUT2D eigenvalue weighted by molar-refractivity contribution is -0.137. The van der Waals surface area contributed by atoms with Crippen molar-refractivity contribution < 1.29 is 24.5 Å². The highest BCUT2D eigenvalue weighted by Crippen LogP contribution is 2.65. The number of nitrogens with zero attached hydrogens (tertiary/aromatic N) is 1. The Kier molecular flexibility index (Phi) is 6.73. The highest BCUT2D eigenvalue weighted by Gasteiger charge is 2.66. The van der Waals surface area contributed by atoms with Gasteiger partial charge in [0.15, 0.2) is 11.5 Å². The molecule has 2 saturated carbocycles. The Hall–Kier alpha value is -1.41. The molecule has 184 valence electrons. The van der Waals surface area contributed by atoms with Gasteiger partial charge in [0.2, 0.25) is 0 Å². The molecule has 1 aromatic carbocycles. The van der Waals surface area contributed by atoms with Crippen LogP contribution in [0.5, 0.6) is 17.2 Å². The van der Waals surface area contributed by atoms with Gasteiger partial charge in [-0.05, 0) is 56.9 Å². The Bertz CT molecular complexity index is 927. The minimum Gasteiger partial charge on any atom is -0.504 e. The largest absolute Gasteiger partial charge is 0.504 e. The van der Waals surface area contributed by atoms with Crippen LogP contribution in [-0.2, 0) is 16.6 Å². The second-order valence-electron chi connectivity index (χ2n) is 10.2. The summed E-state index contributed by atoms with van der Waals surface area (Å²) in [5.74, 6) is 2.16. The molecule has 0 aromatic heterocycles. The van der Waals surface area contributed by atoms with Crippen LogP contribution in [0.3, 0.4) is 0 Å². The predicted molar refractivity (Wildman–Crippen MR) is 128 cm³/mol. The summed E-state index contributed by atoms with van der Waals surface area (Å²) in [4.78, 5) is 13.8. The van der Waals surface area contributed by atoms with Gasteiger partial charge in [-0.3, -0.25) is 9.69 Å². The number of piperidine rings is 1. The lowest BCUT2D eigenvalue weighted by Gasteiger charge is -2.59. The number of rotatable bonds is 7. The number of likely N-dealkylation sites (tertiary alicyclic amines) is 1. The standard InChI is InChI=1S/C24H32N2O5.2ClH/c1-30-19-11-18(27)22-21-14(19)10-17-15-4-5-16(25-8-6-20(28)29)23(31-22)24(15,21)7-9-26(17)12-13-2-3-13;;/h11,13,15-17,23,25,27H,2-10,12H2,1H3,(H,28,29);2*1H/t15-,16-,17+,23-,24-;;/m0../s1. The first-order valence-electron chi connectivity index (χ1n) is 11.8. The van der Waals surface area contributed by atoms with Crippen LogP contribution < -0.4 is 14.8 Å². The monoisotopic (exact) mass is 500 g/mol. The van der Waals surface area contributed by atoms with Gasteiger partial charge in [0.05, 0.1) is 13.5 Å². The van der Waals surface area contributed by atoms with E-state index in [0.717, 1.165) is 43.9 Å². The normalized spacial score (nSPS) is 33.2. The van der Waals surface area contributed by atoms with Crippen molar-refractivity contribution in [3.05, 3.63) is 17.2 Å². The summed E-state index contributed by atoms with van der Waals surface area (Å²) in [7, 11) is 1.68. The maximum atomic E-state index is 11.0. The number of methoxy groups -OCH3 is 1. The first-order chi connectivity index (χ1) is 15.0. The van der Waals surface area contributed by atoms with E-state index >= 15 is 0 Å². The van der Waals surface area contributed by atoms with Crippen LogP contribution in [0.1, 0.15) is 49.7 Å². The molecular formula is C24H34Cl2N2O5. The number of aliphatic carboxylic acids is 1. The molecule has 3 fully saturated rings. The van der Waals surface area contributed by atoms with E-state index in [9.17, 15) is 9.90 Å². The van der Waals surface area contributed by atoms with E-state index < -0.39 is 5.97 Å². The van der Waals surface area contributed by atoms with Crippen molar-refractivity contribution in [2.75, 3.05) is 26.7 Å². The third-order valence-electron chi connectivity index (χ3n) is 8.67. The van der Waals surface area contributed by atoms with Gasteiger partial charge < -0.3 is 25.0 Å². The molecule has 33 heavy (non-hydrogen) atoms. The number of nitrogens with one attached hydrogen (secondary N) is 1. The molecule has 2 heterocycles. The SMILES string of the molecule is COc1cc(O)c2c3c1C[C@@H]1[C@@H]4CC[C@H](NCCC(=O)O)[C@H](O2)[C@]34CCN1CC1CC1.Cl.Cl. The molecule has 9 heteroatoms. The molecule has 0 radical (unpaired) electrons. The number of carbonyl (C=O) groups is 1. The zero-order chi connectivity index (χ0) is 21.3. The number of phenolic OH excluding ortho intramolecular Hbond substituents is 1. The van der Waals surface area contributed by atoms with Crippen molar-refractivity contribution in [3.8, 4) is 17.2 Å². The van der Waals surface area contributed by atoms with Crippen LogP contribution in [0.25, 0.3) is 0 Å². The fraction of sp³-hybridized carbons (Fsp3) is 0.708. The van der Waals surface area contributed by atoms with Gasteiger partial charge in [0, 0.05) is 47.8 Å². The van der Waals surface area contributed by atoms with Crippen molar-refractivity contribution in [1.29, 1.82) is 0 Å². The highest BCUT2D eigenvalue weighted by atomic mass is 35.5. The molecule has 2 aliphatic heterocycles. The van der Waals surface area contributed by atoms with E-state index in [2.05, 4.69) is 10.2 Å². The summed E-state index contributed by atoms with van der Waals surface area (Å²) in [5.41, 5.74) is 2.27. The Labute approximate surface area is 207 Å². The van der Waals surface area contributed by atoms with Crippen LogP contribution in [0.15, 0.2) is 6.07 Å². The molecule has 0 amide bonds. The fourth-order valence-electron chi connectivity index (χ4n) is 7.29. The number of hydrogen-bond donors (Lipinski definition) is 3. The van der Waals surface area contributed by atoms with Crippen LogP contribution in [0.4, 0.5) is 0 Å². The summed E-state index contributed by atoms with van der Waals surface area (Å²) >= 11 is 0. The third kappa shape index (κ3) is 3.67. The number of carboxylic acid groups (broad SMARTS) is 1. The average Bonchev–Trinajstić information content (AvgIpc) is 3.49. The van der Waals surface area contributed by atoms with Gasteiger partial charge in [0.1, 0.15) is 11.9 Å². The Balaban J connectivity index is 0.00000130. The Morgan fingerprint density at radius 2 is 2.09 bits per heavy atom. The summed E-state index contributed by atoms with van der Waals surface area (Å²) < 4.78 is 12.3. The fourth-order valence-corrected chi connectivity index (χ4v) is 7.29. The number of hydrogen-bond acceptors (Lipinski definition) is 6. The lowest BCUT2D eigenvalue weighted by atomic mass is 9.51. The van der Waals surface area contributed by atoms with Gasteiger partial charge in [-0.1, -0.05) is 0 Å². The quantitative estimate of drug-likeness (QED) is 0.529. The summed E-state index contributed by atoms with van der Waals surface area (Å²) in [5, 5.41) is 23.4. The number of aromatic hydroxyl groups is 1. The van der Waals surface area contributed by atoms with Crippen LogP contribution in [-0.4, -0.2) is 66.0 Å². The molecule has 2 bridgehead atoms. The zero-order valence-corrected chi connectivity index (χ0v) is 20.6. The number of carboxylic acids is 1. The van der Waals surface area contributed by atoms with Crippen molar-refractivity contribution in [1.82, 2.24) is 10.2 Å². The maximum Gasteiger partial charge on any atom is 0.304 e. The molecule has 7 nitrogen and oxygen atoms in total. The highest BCUT2D eigenvalue weighted by molar-refractivity contribution is 5.85. The third-order valence-corrected chi connectivity index (χ3v) is 8.67. The van der Waals surface area contributed by atoms with E-state index in [0.29, 0.717) is 24.3 Å². The van der Waals surface area contributed by atoms with Crippen LogP contribution >= 0.6 is 24.8 Å². The van der Waals surface area contributed by atoms with Gasteiger partial charge in [-0.25, -0.2) is 0 Å². The Morgan fingerprint density at radius 3 is 2.79 bits per heavy atom. The number of halogens is 2. The number of benzene rings is 1. The molecule has 1 saturated heterocycles. The number of phenols is 1. The van der Waals surface area contributed by atoms with Crippen LogP contribution in [0, 0.1) is 11.8 Å². The first kappa shape index (κ1) is 24.7. The van der Waals surface area contributed by atoms with E-state index in [1.165, 1.54) is 30.5 Å². The second-order valence-corrected chi connectivity index (χ2v) is 10.2. The second kappa shape index (κ2) is 8.99. The average molecular weight is 501 g/mol. The zero-order valence-electron chi connectivity index (χ0n) is 18.9. The summed E-state index contributed by atoms with van der Waals surface area (Å²) in [6.45, 7) is 2.71. The van der Waals surface area contributed by atoms with E-state index in [-0.39, 0.29) is 54.5 Å². The van der Waals surface area contributed by atoms with Crippen molar-refractivity contribution in [2.24, 2.45) is 11.8 Å². The van der Waals surface area contributed by atoms with Gasteiger partial charge in [-0.2, -0.15) is 0 Å². The smallest absolute Gasteiger partial charge is 0.304 e. The van der Waals surface area contributed by atoms with Crippen molar-refractivity contribution >= 4 is 30.8 Å². The molecule has 3 N–H and O–H groups in total. The number of ether oxygens (including phenoxy) is 2.